The first-order valence-electron chi connectivity index (χ1n) is 16.7. The van der Waals surface area contributed by atoms with Gasteiger partial charge in [-0.2, -0.15) is 0 Å². The van der Waals surface area contributed by atoms with Crippen LogP contribution in [0.4, 0.5) is 10.5 Å². The molecule has 4 amide bonds. The van der Waals surface area contributed by atoms with Crippen molar-refractivity contribution in [1.29, 1.82) is 0 Å². The third-order valence-corrected chi connectivity index (χ3v) is 12.8. The molecule has 2 heterocycles. The third-order valence-electron chi connectivity index (χ3n) is 9.81. The molecule has 5 atom stereocenters. The van der Waals surface area contributed by atoms with E-state index < -0.39 is 56.7 Å². The Labute approximate surface area is 285 Å². The number of carbonyl (C=O) groups excluding carboxylic acids is 4. The molecule has 258 valence electrons. The van der Waals surface area contributed by atoms with Crippen LogP contribution in [0.15, 0.2) is 36.5 Å². The number of carbonyl (C=O) groups is 4. The summed E-state index contributed by atoms with van der Waals surface area (Å²) >= 11 is 1.55. The summed E-state index contributed by atoms with van der Waals surface area (Å²) in [7, 11) is -2.13. The smallest absolute Gasteiger partial charge is 0.411 e. The molecule has 3 aliphatic carbocycles. The number of aromatic nitrogens is 1. The number of sulfonamides is 1. The summed E-state index contributed by atoms with van der Waals surface area (Å²) in [6.45, 7) is 4.49. The van der Waals surface area contributed by atoms with Gasteiger partial charge in [0.05, 0.1) is 22.8 Å². The summed E-state index contributed by atoms with van der Waals surface area (Å²) in [6.07, 6.45) is 8.82. The van der Waals surface area contributed by atoms with E-state index in [2.05, 4.69) is 27.3 Å². The maximum Gasteiger partial charge on any atom is 0.411 e. The average Bonchev–Trinajstić information content (AvgIpc) is 3.92. The maximum atomic E-state index is 14.0. The van der Waals surface area contributed by atoms with Gasteiger partial charge in [-0.3, -0.25) is 24.4 Å². The molecule has 5 unspecified atom stereocenters. The number of thiazole rings is 1. The highest BCUT2D eigenvalue weighted by molar-refractivity contribution is 7.91. The van der Waals surface area contributed by atoms with E-state index in [1.807, 2.05) is 43.5 Å². The van der Waals surface area contributed by atoms with Crippen LogP contribution in [0.2, 0.25) is 0 Å². The van der Waals surface area contributed by atoms with Gasteiger partial charge in [-0.15, -0.1) is 11.3 Å². The summed E-state index contributed by atoms with van der Waals surface area (Å²) in [5.74, 6) is -3.55. The SMILES string of the molecule is CCc1cnc(-c2ccc(C)cc2NC(=O)OC2CC3C(=O)NC4(C(=O)NS(=O)(=O)C5CC5)CC4/C=C/CCCCN(C)C(=O)C3C2)s1. The molecule has 0 radical (unpaired) electrons. The minimum Gasteiger partial charge on any atom is -0.446 e. The predicted molar refractivity (Wildman–Crippen MR) is 181 cm³/mol. The second-order valence-corrected chi connectivity index (χ2v) is 16.6. The molecule has 1 aliphatic heterocycles. The van der Waals surface area contributed by atoms with Crippen LogP contribution >= 0.6 is 11.3 Å². The molecule has 3 N–H and O–H groups in total. The van der Waals surface area contributed by atoms with Gasteiger partial charge in [-0.05, 0) is 82.4 Å². The summed E-state index contributed by atoms with van der Waals surface area (Å²) in [5, 5.41) is 5.89. The fraction of sp³-hybridized carbons (Fsp3) is 0.559. The number of anilines is 1. The second kappa shape index (κ2) is 13.6. The molecule has 2 aromatic rings. The number of fused-ring (bicyclic) bond motifs is 2. The molecule has 0 spiro atoms. The fourth-order valence-electron chi connectivity index (χ4n) is 6.73. The molecule has 1 aromatic heterocycles. The Bertz CT molecular complexity index is 1740. The zero-order valence-electron chi connectivity index (χ0n) is 27.5. The fourth-order valence-corrected chi connectivity index (χ4v) is 8.98. The number of amides is 4. The summed E-state index contributed by atoms with van der Waals surface area (Å²) in [5.41, 5.74) is 0.819. The van der Waals surface area contributed by atoms with Gasteiger partial charge >= 0.3 is 6.09 Å². The number of rotatable bonds is 7. The number of benzene rings is 1. The zero-order chi connectivity index (χ0) is 34.2. The lowest BCUT2D eigenvalue weighted by Crippen LogP contribution is -2.54. The molecule has 3 saturated carbocycles. The molecule has 6 rings (SSSR count). The molecule has 0 saturated heterocycles. The van der Waals surface area contributed by atoms with Gasteiger partial charge in [0, 0.05) is 36.1 Å². The Hall–Kier alpha value is -3.78. The van der Waals surface area contributed by atoms with Gasteiger partial charge in [0.1, 0.15) is 16.7 Å². The van der Waals surface area contributed by atoms with E-state index in [1.54, 1.807) is 23.3 Å². The minimum atomic E-state index is -3.83. The number of hydrogen-bond acceptors (Lipinski definition) is 9. The molecular formula is C34H43N5O7S2. The van der Waals surface area contributed by atoms with Crippen LogP contribution in [-0.2, 0) is 35.6 Å². The van der Waals surface area contributed by atoms with E-state index in [9.17, 15) is 27.6 Å². The van der Waals surface area contributed by atoms with Crippen LogP contribution in [0.5, 0.6) is 0 Å². The molecule has 0 bridgehead atoms. The molecule has 14 heteroatoms. The lowest BCUT2D eigenvalue weighted by molar-refractivity contribution is -0.140. The zero-order valence-corrected chi connectivity index (χ0v) is 29.1. The van der Waals surface area contributed by atoms with Crippen molar-refractivity contribution >= 4 is 50.9 Å². The highest BCUT2D eigenvalue weighted by Crippen LogP contribution is 2.47. The van der Waals surface area contributed by atoms with Crippen LogP contribution in [-0.4, -0.2) is 72.6 Å². The van der Waals surface area contributed by atoms with Crippen molar-refractivity contribution in [2.75, 3.05) is 18.9 Å². The molecule has 1 aromatic carbocycles. The Morgan fingerprint density at radius 3 is 2.67 bits per heavy atom. The van der Waals surface area contributed by atoms with Crippen LogP contribution in [0, 0.1) is 24.7 Å². The summed E-state index contributed by atoms with van der Waals surface area (Å²) in [6, 6.07) is 5.70. The van der Waals surface area contributed by atoms with Crippen molar-refractivity contribution in [3.05, 3.63) is 47.0 Å². The van der Waals surface area contributed by atoms with Gasteiger partial charge in [0.25, 0.3) is 5.91 Å². The minimum absolute atomic E-state index is 0.0785. The van der Waals surface area contributed by atoms with Crippen molar-refractivity contribution in [1.82, 2.24) is 19.9 Å². The number of nitrogens with one attached hydrogen (secondary N) is 3. The van der Waals surface area contributed by atoms with E-state index in [0.29, 0.717) is 25.1 Å². The molecule has 4 aliphatic rings. The molecule has 12 nitrogen and oxygen atoms in total. The summed E-state index contributed by atoms with van der Waals surface area (Å²) < 4.78 is 33.4. The Morgan fingerprint density at radius 2 is 1.94 bits per heavy atom. The topological polar surface area (TPSA) is 164 Å². The third kappa shape index (κ3) is 7.29. The highest BCUT2D eigenvalue weighted by Gasteiger charge is 2.62. The first kappa shape index (κ1) is 34.1. The number of ether oxygens (including phenoxy) is 1. The average molecular weight is 698 g/mol. The molecular weight excluding hydrogens is 655 g/mol. The van der Waals surface area contributed by atoms with Crippen LogP contribution in [0.3, 0.4) is 0 Å². The second-order valence-electron chi connectivity index (χ2n) is 13.5. The van der Waals surface area contributed by atoms with Crippen LogP contribution in [0.25, 0.3) is 10.6 Å². The van der Waals surface area contributed by atoms with Crippen molar-refractivity contribution in [3.63, 3.8) is 0 Å². The lowest BCUT2D eigenvalue weighted by atomic mass is 9.93. The Balaban J connectivity index is 1.20. The monoisotopic (exact) mass is 697 g/mol. The number of nitrogens with zero attached hydrogens (tertiary/aromatic N) is 2. The summed E-state index contributed by atoms with van der Waals surface area (Å²) in [4.78, 5) is 61.7. The first-order chi connectivity index (χ1) is 22.9. The molecule has 48 heavy (non-hydrogen) atoms. The van der Waals surface area contributed by atoms with Crippen molar-refractivity contribution in [3.8, 4) is 10.6 Å². The van der Waals surface area contributed by atoms with Gasteiger partial charge in [-0.25, -0.2) is 18.2 Å². The van der Waals surface area contributed by atoms with E-state index >= 15 is 0 Å². The Morgan fingerprint density at radius 1 is 1.17 bits per heavy atom. The number of hydrogen-bond donors (Lipinski definition) is 3. The van der Waals surface area contributed by atoms with Gasteiger partial charge < -0.3 is 15.0 Å². The van der Waals surface area contributed by atoms with E-state index in [0.717, 1.165) is 46.7 Å². The standard InChI is InChI=1S/C34H43N5O7S2/c1-4-23-19-35-30(47-23)25-13-10-20(2)15-28(25)36-33(43)46-22-16-26-27(17-22)31(41)39(3)14-8-6-5-7-9-21-18-34(21,37-29(26)40)32(42)38-48(44,45)24-11-12-24/h7,9-10,13,15,19,21-22,24,26-27H,4-6,8,11-12,14,16-18H2,1-3H3,(H,36,43)(H,37,40)(H,38,42)/b9-7+. The van der Waals surface area contributed by atoms with Crippen molar-refractivity contribution in [2.24, 2.45) is 17.8 Å². The normalized spacial score (nSPS) is 28.4. The van der Waals surface area contributed by atoms with Crippen LogP contribution < -0.4 is 15.4 Å². The number of allylic oxidation sites excluding steroid dienone is 1. The quantitative estimate of drug-likeness (QED) is 0.361. The predicted octanol–water partition coefficient (Wildman–Crippen LogP) is 4.31. The van der Waals surface area contributed by atoms with Gasteiger partial charge in [0.15, 0.2) is 0 Å². The van der Waals surface area contributed by atoms with Crippen molar-refractivity contribution in [2.45, 2.75) is 88.5 Å². The Kier molecular flexibility index (Phi) is 9.67. The first-order valence-corrected chi connectivity index (χ1v) is 19.1. The molecule has 3 fully saturated rings. The van der Waals surface area contributed by atoms with Crippen molar-refractivity contribution < 1.29 is 32.3 Å². The lowest BCUT2D eigenvalue weighted by Gasteiger charge is -2.26. The van der Waals surface area contributed by atoms with E-state index in [1.165, 1.54) is 0 Å². The maximum absolute atomic E-state index is 14.0. The van der Waals surface area contributed by atoms with Gasteiger partial charge in [-0.1, -0.05) is 25.1 Å². The largest absolute Gasteiger partial charge is 0.446 e. The van der Waals surface area contributed by atoms with E-state index in [4.69, 9.17) is 4.74 Å². The number of aryl methyl sites for hydroxylation is 2. The highest BCUT2D eigenvalue weighted by atomic mass is 32.2. The van der Waals surface area contributed by atoms with E-state index in [-0.39, 0.29) is 31.1 Å². The van der Waals surface area contributed by atoms with Gasteiger partial charge in [0.2, 0.25) is 21.8 Å². The van der Waals surface area contributed by atoms with Crippen LogP contribution in [0.1, 0.15) is 68.7 Å².